The van der Waals surface area contributed by atoms with Crippen LogP contribution in [0.5, 0.6) is 0 Å². The normalized spacial score (nSPS) is 14.9. The molecule has 154 valence electrons. The van der Waals surface area contributed by atoms with Crippen LogP contribution < -0.4 is 5.32 Å². The third-order valence-corrected chi connectivity index (χ3v) is 5.28. The zero-order valence-electron chi connectivity index (χ0n) is 16.6. The molecule has 0 unspecified atom stereocenters. The Balaban J connectivity index is 1.40. The first kappa shape index (κ1) is 18.6. The summed E-state index contributed by atoms with van der Waals surface area (Å²) < 4.78 is 17.7. The minimum atomic E-state index is -0.559. The van der Waals surface area contributed by atoms with Crippen molar-refractivity contribution in [3.05, 3.63) is 53.9 Å². The molecule has 4 heterocycles. The Morgan fingerprint density at radius 3 is 2.90 bits per heavy atom. The number of fused-ring (bicyclic) bond motifs is 1. The number of hydrogen-bond donors (Lipinski definition) is 2. The highest BCUT2D eigenvalue weighted by Crippen LogP contribution is 2.22. The molecule has 1 saturated heterocycles. The van der Waals surface area contributed by atoms with Gasteiger partial charge in [-0.3, -0.25) is 9.58 Å². The van der Waals surface area contributed by atoms with Crippen LogP contribution in [-0.2, 0) is 13.6 Å². The summed E-state index contributed by atoms with van der Waals surface area (Å²) in [6.45, 7) is 3.82. The number of benzene rings is 1. The van der Waals surface area contributed by atoms with Crippen molar-refractivity contribution >= 4 is 22.5 Å². The van der Waals surface area contributed by atoms with Crippen molar-refractivity contribution in [2.45, 2.75) is 19.6 Å². The standard InChI is InChI=1S/C20H21FN8O/c1-12-14(8-28-10-16(30)11-28)9-29(26-12)19-17(21)7-22-20(25-19)24-15-3-4-18-13(5-15)6-23-27(18)2/h3-7,9,16,30H,8,10-11H2,1-2H3,(H,22,24,25). The lowest BCUT2D eigenvalue weighted by Crippen LogP contribution is -2.49. The van der Waals surface area contributed by atoms with Gasteiger partial charge in [-0.1, -0.05) is 0 Å². The summed E-state index contributed by atoms with van der Waals surface area (Å²) in [5.74, 6) is -0.208. The van der Waals surface area contributed by atoms with Gasteiger partial charge in [-0.15, -0.1) is 0 Å². The van der Waals surface area contributed by atoms with Crippen molar-refractivity contribution in [2.75, 3.05) is 18.4 Å². The van der Waals surface area contributed by atoms with Gasteiger partial charge in [-0.05, 0) is 25.1 Å². The molecule has 0 spiro atoms. The summed E-state index contributed by atoms with van der Waals surface area (Å²) in [7, 11) is 1.88. The smallest absolute Gasteiger partial charge is 0.229 e. The van der Waals surface area contributed by atoms with Gasteiger partial charge in [0, 0.05) is 49.5 Å². The lowest BCUT2D eigenvalue weighted by Gasteiger charge is -2.35. The molecule has 10 heteroatoms. The molecule has 1 fully saturated rings. The molecule has 0 aliphatic carbocycles. The highest BCUT2D eigenvalue weighted by atomic mass is 19.1. The summed E-state index contributed by atoms with van der Waals surface area (Å²) in [6, 6.07) is 5.78. The quantitative estimate of drug-likeness (QED) is 0.521. The molecule has 1 aromatic carbocycles. The van der Waals surface area contributed by atoms with Crippen molar-refractivity contribution < 1.29 is 9.50 Å². The van der Waals surface area contributed by atoms with Crippen LogP contribution in [0.25, 0.3) is 16.7 Å². The molecule has 0 atom stereocenters. The largest absolute Gasteiger partial charge is 0.390 e. The highest BCUT2D eigenvalue weighted by Gasteiger charge is 2.25. The minimum Gasteiger partial charge on any atom is -0.390 e. The summed E-state index contributed by atoms with van der Waals surface area (Å²) >= 11 is 0. The molecule has 30 heavy (non-hydrogen) atoms. The molecule has 0 radical (unpaired) electrons. The van der Waals surface area contributed by atoms with E-state index in [0.29, 0.717) is 19.6 Å². The number of hydrogen-bond acceptors (Lipinski definition) is 7. The number of β-amino-alcohol motifs (C(OH)–C–C–N with tert-alkyl or cyclic N) is 1. The van der Waals surface area contributed by atoms with E-state index in [9.17, 15) is 9.50 Å². The Morgan fingerprint density at radius 2 is 2.10 bits per heavy atom. The fraction of sp³-hybridized carbons (Fsp3) is 0.300. The first-order chi connectivity index (χ1) is 14.5. The van der Waals surface area contributed by atoms with Crippen LogP contribution in [0.15, 0.2) is 36.8 Å². The third-order valence-electron chi connectivity index (χ3n) is 5.28. The van der Waals surface area contributed by atoms with Crippen LogP contribution in [0.3, 0.4) is 0 Å². The number of rotatable bonds is 5. The average molecular weight is 408 g/mol. The van der Waals surface area contributed by atoms with Gasteiger partial charge in [-0.2, -0.15) is 15.2 Å². The zero-order chi connectivity index (χ0) is 20.8. The van der Waals surface area contributed by atoms with E-state index in [1.165, 1.54) is 4.68 Å². The molecule has 5 rings (SSSR count). The highest BCUT2D eigenvalue weighted by molar-refractivity contribution is 5.83. The zero-order valence-corrected chi connectivity index (χ0v) is 16.6. The second-order valence-corrected chi connectivity index (χ2v) is 7.56. The van der Waals surface area contributed by atoms with E-state index in [4.69, 9.17) is 0 Å². The first-order valence-electron chi connectivity index (χ1n) is 9.63. The number of nitrogens with one attached hydrogen (secondary N) is 1. The number of halogens is 1. The lowest BCUT2D eigenvalue weighted by atomic mass is 10.1. The van der Waals surface area contributed by atoms with Gasteiger partial charge < -0.3 is 10.4 Å². The maximum Gasteiger partial charge on any atom is 0.229 e. The molecule has 3 aromatic heterocycles. The van der Waals surface area contributed by atoms with Crippen LogP contribution in [-0.4, -0.2) is 58.7 Å². The van der Waals surface area contributed by atoms with Crippen LogP contribution in [0.2, 0.25) is 0 Å². The van der Waals surface area contributed by atoms with E-state index in [1.54, 1.807) is 17.1 Å². The van der Waals surface area contributed by atoms with Gasteiger partial charge in [0.2, 0.25) is 5.95 Å². The number of aromatic nitrogens is 6. The van der Waals surface area contributed by atoms with Crippen molar-refractivity contribution in [1.82, 2.24) is 34.4 Å². The molecular formula is C20H21FN8O. The van der Waals surface area contributed by atoms with Crippen molar-refractivity contribution in [2.24, 2.45) is 7.05 Å². The predicted octanol–water partition coefficient (Wildman–Crippen LogP) is 1.92. The molecule has 0 bridgehead atoms. The fourth-order valence-corrected chi connectivity index (χ4v) is 3.62. The van der Waals surface area contributed by atoms with Gasteiger partial charge >= 0.3 is 0 Å². The van der Waals surface area contributed by atoms with E-state index in [-0.39, 0.29) is 17.9 Å². The van der Waals surface area contributed by atoms with Crippen LogP contribution >= 0.6 is 0 Å². The molecule has 4 aromatic rings. The Bertz CT molecular complexity index is 1230. The first-order valence-corrected chi connectivity index (χ1v) is 9.63. The van der Waals surface area contributed by atoms with Gasteiger partial charge in [-0.25, -0.2) is 14.1 Å². The topological polar surface area (TPSA) is 96.9 Å². The van der Waals surface area contributed by atoms with Gasteiger partial charge in [0.1, 0.15) is 0 Å². The fourth-order valence-electron chi connectivity index (χ4n) is 3.62. The second kappa shape index (κ2) is 7.15. The van der Waals surface area contributed by atoms with E-state index >= 15 is 0 Å². The SMILES string of the molecule is Cc1nn(-c2nc(Nc3ccc4c(cnn4C)c3)ncc2F)cc1CN1CC(O)C1. The molecule has 0 saturated carbocycles. The van der Waals surface area contributed by atoms with E-state index < -0.39 is 5.82 Å². The monoisotopic (exact) mass is 408 g/mol. The number of nitrogens with zero attached hydrogens (tertiary/aromatic N) is 7. The lowest BCUT2D eigenvalue weighted by molar-refractivity contribution is -0.00297. The maximum absolute atomic E-state index is 14.5. The van der Waals surface area contributed by atoms with Crippen LogP contribution in [0.4, 0.5) is 16.0 Å². The number of aliphatic hydroxyl groups excluding tert-OH is 1. The van der Waals surface area contributed by atoms with E-state index in [0.717, 1.165) is 34.0 Å². The summed E-state index contributed by atoms with van der Waals surface area (Å²) in [5, 5.41) is 22.2. The molecular weight excluding hydrogens is 387 g/mol. The molecule has 0 amide bonds. The Hall–Kier alpha value is -3.37. The molecule has 1 aliphatic rings. The second-order valence-electron chi connectivity index (χ2n) is 7.56. The Labute approximate surface area is 171 Å². The molecule has 2 N–H and O–H groups in total. The third kappa shape index (κ3) is 3.40. The van der Waals surface area contributed by atoms with Crippen LogP contribution in [0, 0.1) is 12.7 Å². The van der Waals surface area contributed by atoms with Gasteiger partial charge in [0.15, 0.2) is 11.6 Å². The molecule has 9 nitrogen and oxygen atoms in total. The van der Waals surface area contributed by atoms with E-state index in [2.05, 4.69) is 30.4 Å². The predicted molar refractivity (Wildman–Crippen MR) is 109 cm³/mol. The number of anilines is 2. The number of aliphatic hydroxyl groups is 1. The van der Waals surface area contributed by atoms with Crippen molar-refractivity contribution in [3.63, 3.8) is 0 Å². The summed E-state index contributed by atoms with van der Waals surface area (Å²) in [5.41, 5.74) is 3.56. The van der Waals surface area contributed by atoms with Gasteiger partial charge in [0.25, 0.3) is 0 Å². The number of aryl methyl sites for hydroxylation is 2. The maximum atomic E-state index is 14.5. The van der Waals surface area contributed by atoms with Crippen LogP contribution in [0.1, 0.15) is 11.3 Å². The van der Waals surface area contributed by atoms with Gasteiger partial charge in [0.05, 0.1) is 29.7 Å². The van der Waals surface area contributed by atoms with E-state index in [1.807, 2.05) is 32.2 Å². The van der Waals surface area contributed by atoms with Crippen molar-refractivity contribution in [1.29, 1.82) is 0 Å². The average Bonchev–Trinajstić information content (AvgIpc) is 3.25. The molecule has 1 aliphatic heterocycles. The number of likely N-dealkylation sites (tertiary alicyclic amines) is 1. The Kier molecular flexibility index (Phi) is 4.44. The summed E-state index contributed by atoms with van der Waals surface area (Å²) in [4.78, 5) is 10.5. The minimum absolute atomic E-state index is 0.0768. The van der Waals surface area contributed by atoms with Crippen molar-refractivity contribution in [3.8, 4) is 5.82 Å². The summed E-state index contributed by atoms with van der Waals surface area (Å²) in [6.07, 6.45) is 4.43. The Morgan fingerprint density at radius 1 is 1.27 bits per heavy atom.